The van der Waals surface area contributed by atoms with Gasteiger partial charge in [-0.25, -0.2) is 6.21 Å². The molecular weight excluding hydrogens is 683 g/mol. The topological polar surface area (TPSA) is 267 Å². The van der Waals surface area contributed by atoms with E-state index in [-0.39, 0.29) is 69.7 Å². The van der Waals surface area contributed by atoms with Crippen LogP contribution in [-0.2, 0) is 39.0 Å². The van der Waals surface area contributed by atoms with Crippen LogP contribution in [0.3, 0.4) is 0 Å². The van der Waals surface area contributed by atoms with Crippen molar-refractivity contribution in [2.24, 2.45) is 0 Å². The van der Waals surface area contributed by atoms with Gasteiger partial charge in [-0.3, -0.25) is 29.9 Å². The second-order valence-corrected chi connectivity index (χ2v) is 6.01. The first-order chi connectivity index (χ1) is 16.3. The van der Waals surface area contributed by atoms with Crippen molar-refractivity contribution in [2.45, 2.75) is 6.92 Å². The minimum Gasteiger partial charge on any atom is -0.814 e. The predicted molar refractivity (Wildman–Crippen MR) is 158 cm³/mol. The van der Waals surface area contributed by atoms with E-state index in [0.717, 1.165) is 29.0 Å². The molecule has 0 fully saturated rings. The average Bonchev–Trinajstić information content (AvgIpc) is 2.93. The number of pyridine rings is 4. The summed E-state index contributed by atoms with van der Waals surface area (Å²) in [5.74, 6) is 0. The van der Waals surface area contributed by atoms with Gasteiger partial charge in [0.1, 0.15) is 0 Å². The molecule has 0 unspecified atom stereocenters. The van der Waals surface area contributed by atoms with Crippen molar-refractivity contribution in [3.8, 4) is 22.8 Å². The quantitative estimate of drug-likeness (QED) is 0.127. The number of rotatable bonds is 2. The fourth-order valence-electron chi connectivity index (χ4n) is 2.31. The van der Waals surface area contributed by atoms with Crippen LogP contribution >= 0.6 is 0 Å². The van der Waals surface area contributed by atoms with Crippen molar-refractivity contribution < 1.29 is 39.0 Å². The van der Waals surface area contributed by atoms with Gasteiger partial charge in [0.05, 0.1) is 22.8 Å². The third kappa shape index (κ3) is 21.3. The average molecular weight is 717 g/mol. The van der Waals surface area contributed by atoms with E-state index < -0.39 is 0 Å². The van der Waals surface area contributed by atoms with Gasteiger partial charge in [-0.2, -0.15) is 0 Å². The minimum atomic E-state index is 0. The van der Waals surface area contributed by atoms with Crippen molar-refractivity contribution in [1.29, 1.82) is 0 Å². The molecule has 5 aromatic rings. The summed E-state index contributed by atoms with van der Waals surface area (Å²) in [6, 6.07) is 23.2. The molecule has 10 N–H and O–H groups in total. The van der Waals surface area contributed by atoms with E-state index >= 15 is 0 Å². The first kappa shape index (κ1) is 49.4. The van der Waals surface area contributed by atoms with Gasteiger partial charge in [-0.1, -0.05) is 31.2 Å². The summed E-state index contributed by atoms with van der Waals surface area (Å²) in [5.41, 5.74) is 3.66. The summed E-state index contributed by atoms with van der Waals surface area (Å²) in [4.78, 5) is 24.2. The van der Waals surface area contributed by atoms with Gasteiger partial charge in [0.15, 0.2) is 0 Å². The standard InChI is InChI=1S/2C10H8N2.C4H4N2.C2H4N.5H2N.2Ru/c2*1-3-7-11-9(5-1)10-6-2-4-8-12-10;1-2-6-4-3-5-1;1-2-3;;;;;;;/h2*1-8H;1-4H;2H,1H3;5*1H2;;/q;;;6*-1;+1;+5. The Hall–Kier alpha value is -3.60. The van der Waals surface area contributed by atoms with Crippen molar-refractivity contribution >= 4 is 6.21 Å². The number of nitrogens with two attached hydrogens (primary N) is 5. The van der Waals surface area contributed by atoms with Crippen LogP contribution in [0.15, 0.2) is 122 Å². The van der Waals surface area contributed by atoms with Crippen LogP contribution in [0, 0.1) is 0 Å². The second kappa shape index (κ2) is 33.4. The normalized spacial score (nSPS) is 7.33. The molecule has 12 nitrogen and oxygen atoms in total. The molecule has 0 bridgehead atoms. The molecule has 40 heavy (non-hydrogen) atoms. The molecule has 0 saturated carbocycles. The molecule has 2 radical (unpaired) electrons. The Morgan fingerprint density at radius 3 is 0.775 bits per heavy atom. The zero-order valence-corrected chi connectivity index (χ0v) is 25.3. The largest absolute Gasteiger partial charge is 5.00 e. The molecule has 214 valence electrons. The summed E-state index contributed by atoms with van der Waals surface area (Å²) in [7, 11) is 0. The smallest absolute Gasteiger partial charge is 0.814 e. The van der Waals surface area contributed by atoms with Crippen molar-refractivity contribution in [1.82, 2.24) is 29.9 Å². The number of hydrogen-bond donors (Lipinski definition) is 0. The van der Waals surface area contributed by atoms with E-state index in [1.165, 1.54) is 0 Å². The summed E-state index contributed by atoms with van der Waals surface area (Å²) in [6.07, 6.45) is 14.6. The fraction of sp³-hybridized carbons (Fsp3) is 0.0385. The van der Waals surface area contributed by atoms with Crippen LogP contribution in [0.2, 0.25) is 0 Å². The van der Waals surface area contributed by atoms with E-state index in [1.54, 1.807) is 56.5 Å². The molecule has 0 aliphatic heterocycles. The van der Waals surface area contributed by atoms with E-state index in [2.05, 4.69) is 29.9 Å². The zero-order valence-electron chi connectivity index (χ0n) is 21.8. The van der Waals surface area contributed by atoms with Crippen LogP contribution < -0.4 is 0 Å². The SMILES string of the molecule is CC=[N-].[NH2-].[NH2-].[NH2-].[NH2-].[NH2-].[Ru+5].[Ru+].c1ccc(-c2ccccn2)nc1.c1ccc(-c2ccccn2)nc1.c1cnccn1. The van der Waals surface area contributed by atoms with Gasteiger partial charge < -0.3 is 36.2 Å². The molecule has 0 aliphatic carbocycles. The molecule has 0 aromatic carbocycles. The van der Waals surface area contributed by atoms with Gasteiger partial charge in [-0.15, -0.1) is 0 Å². The third-order valence-electron chi connectivity index (χ3n) is 3.66. The predicted octanol–water partition coefficient (Wildman–Crippen LogP) is 8.99. The van der Waals surface area contributed by atoms with E-state index in [0.29, 0.717) is 0 Å². The van der Waals surface area contributed by atoms with E-state index in [9.17, 15) is 0 Å². The van der Waals surface area contributed by atoms with Gasteiger partial charge in [-0.05, 0) is 48.5 Å². The molecule has 5 aromatic heterocycles. The van der Waals surface area contributed by atoms with E-state index in [4.69, 9.17) is 5.41 Å². The monoisotopic (exact) mass is 718 g/mol. The first-order valence-electron chi connectivity index (χ1n) is 10.1. The Morgan fingerprint density at radius 1 is 0.450 bits per heavy atom. The first-order valence-corrected chi connectivity index (χ1v) is 10.1. The van der Waals surface area contributed by atoms with E-state index in [1.807, 2.05) is 72.8 Å². The van der Waals surface area contributed by atoms with Gasteiger partial charge in [0, 0.05) is 49.6 Å². The minimum absolute atomic E-state index is 0. The van der Waals surface area contributed by atoms with Crippen molar-refractivity contribution in [3.63, 3.8) is 0 Å². The third-order valence-corrected chi connectivity index (χ3v) is 3.66. The van der Waals surface area contributed by atoms with Gasteiger partial charge in [0.2, 0.25) is 0 Å². The Morgan fingerprint density at radius 2 is 0.650 bits per heavy atom. The summed E-state index contributed by atoms with van der Waals surface area (Å²) < 4.78 is 0. The Kier molecular flexibility index (Phi) is 41.2. The maximum atomic E-state index is 7.44. The summed E-state index contributed by atoms with van der Waals surface area (Å²) in [6.45, 7) is 1.56. The molecule has 5 rings (SSSR count). The van der Waals surface area contributed by atoms with Gasteiger partial charge in [0.25, 0.3) is 0 Å². The molecule has 0 atom stereocenters. The Bertz CT molecular complexity index is 954. The zero-order chi connectivity index (χ0) is 23.4. The molecule has 0 aliphatic rings. The van der Waals surface area contributed by atoms with Crippen LogP contribution in [0.4, 0.5) is 0 Å². The van der Waals surface area contributed by atoms with Crippen LogP contribution in [-0.4, -0.2) is 36.1 Å². The second-order valence-electron chi connectivity index (χ2n) is 6.01. The summed E-state index contributed by atoms with van der Waals surface area (Å²) in [5, 5.41) is 7.44. The molecule has 0 saturated heterocycles. The molecule has 5 heterocycles. The molecule has 0 spiro atoms. The number of hydrogen-bond acceptors (Lipinski definition) is 6. The molecule has 0 amide bonds. The van der Waals surface area contributed by atoms with Gasteiger partial charge >= 0.3 is 39.0 Å². The maximum Gasteiger partial charge on any atom is 5.00 e. The summed E-state index contributed by atoms with van der Waals surface area (Å²) >= 11 is 0. The Labute approximate surface area is 262 Å². The van der Waals surface area contributed by atoms with Crippen LogP contribution in [0.25, 0.3) is 58.9 Å². The van der Waals surface area contributed by atoms with Crippen molar-refractivity contribution in [2.75, 3.05) is 0 Å². The number of nitrogens with zero attached hydrogens (tertiary/aromatic N) is 7. The Balaban J connectivity index is -0.0000000985. The number of aromatic nitrogens is 6. The van der Waals surface area contributed by atoms with Crippen molar-refractivity contribution in [3.05, 3.63) is 159 Å². The fourth-order valence-corrected chi connectivity index (χ4v) is 2.31. The van der Waals surface area contributed by atoms with Crippen LogP contribution in [0.1, 0.15) is 6.92 Å². The van der Waals surface area contributed by atoms with Crippen LogP contribution in [0.5, 0.6) is 0 Å². The molecular formula is C26H34N12Ru2. The maximum absolute atomic E-state index is 7.44. The molecule has 14 heteroatoms.